The number of benzene rings is 1. The van der Waals surface area contributed by atoms with Gasteiger partial charge in [-0.25, -0.2) is 9.37 Å². The second-order valence-corrected chi connectivity index (χ2v) is 6.49. The van der Waals surface area contributed by atoms with Crippen LogP contribution >= 0.6 is 11.3 Å². The van der Waals surface area contributed by atoms with Gasteiger partial charge in [-0.2, -0.15) is 0 Å². The molecular formula is C15H19FN2OS. The van der Waals surface area contributed by atoms with Crippen molar-refractivity contribution in [2.45, 2.75) is 32.9 Å². The van der Waals surface area contributed by atoms with Crippen molar-refractivity contribution in [1.82, 2.24) is 10.3 Å². The molecule has 0 bridgehead atoms. The minimum atomic E-state index is -0.315. The fraction of sp³-hybridized carbons (Fsp3) is 0.400. The quantitative estimate of drug-likeness (QED) is 0.930. The maximum Gasteiger partial charge on any atom is 0.136 e. The molecule has 3 nitrogen and oxygen atoms in total. The summed E-state index contributed by atoms with van der Waals surface area (Å²) in [5, 5.41) is 6.16. The van der Waals surface area contributed by atoms with E-state index in [1.165, 1.54) is 24.5 Å². The lowest BCUT2D eigenvalue weighted by molar-refractivity contribution is 0.413. The molecule has 1 N–H and O–H groups in total. The topological polar surface area (TPSA) is 34.1 Å². The summed E-state index contributed by atoms with van der Waals surface area (Å²) in [7, 11) is 1.53. The van der Waals surface area contributed by atoms with E-state index < -0.39 is 0 Å². The third-order valence-corrected chi connectivity index (χ3v) is 3.62. The monoisotopic (exact) mass is 294 g/mol. The lowest BCUT2D eigenvalue weighted by Crippen LogP contribution is -2.34. The normalized spacial score (nSPS) is 11.7. The fourth-order valence-corrected chi connectivity index (χ4v) is 2.50. The summed E-state index contributed by atoms with van der Waals surface area (Å²) in [6.07, 6.45) is 0. The van der Waals surface area contributed by atoms with Gasteiger partial charge < -0.3 is 10.1 Å². The molecule has 0 fully saturated rings. The van der Waals surface area contributed by atoms with E-state index in [9.17, 15) is 4.39 Å². The molecule has 20 heavy (non-hydrogen) atoms. The van der Waals surface area contributed by atoms with Gasteiger partial charge in [0, 0.05) is 17.5 Å². The lowest BCUT2D eigenvalue weighted by atomic mass is 10.1. The maximum absolute atomic E-state index is 14.0. The van der Waals surface area contributed by atoms with E-state index >= 15 is 0 Å². The molecule has 1 heterocycles. The van der Waals surface area contributed by atoms with Gasteiger partial charge in [-0.1, -0.05) is 6.07 Å². The van der Waals surface area contributed by atoms with Crippen LogP contribution in [-0.2, 0) is 6.54 Å². The molecule has 5 heteroatoms. The van der Waals surface area contributed by atoms with Crippen LogP contribution < -0.4 is 10.1 Å². The lowest BCUT2D eigenvalue weighted by Gasteiger charge is -2.19. The van der Waals surface area contributed by atoms with E-state index in [1.807, 2.05) is 5.38 Å². The molecule has 108 valence electrons. The van der Waals surface area contributed by atoms with Gasteiger partial charge in [0.2, 0.25) is 0 Å². The van der Waals surface area contributed by atoms with Crippen LogP contribution in [0.4, 0.5) is 4.39 Å². The van der Waals surface area contributed by atoms with E-state index in [4.69, 9.17) is 4.74 Å². The van der Waals surface area contributed by atoms with Crippen molar-refractivity contribution in [1.29, 1.82) is 0 Å². The van der Waals surface area contributed by atoms with Crippen LogP contribution in [-0.4, -0.2) is 17.6 Å². The van der Waals surface area contributed by atoms with E-state index in [2.05, 4.69) is 31.1 Å². The third kappa shape index (κ3) is 3.55. The number of halogens is 1. The van der Waals surface area contributed by atoms with Gasteiger partial charge in [-0.3, -0.25) is 0 Å². The first-order valence-corrected chi connectivity index (χ1v) is 7.31. The Labute approximate surface area is 122 Å². The molecule has 1 aromatic heterocycles. The summed E-state index contributed by atoms with van der Waals surface area (Å²) < 4.78 is 19.2. The summed E-state index contributed by atoms with van der Waals surface area (Å²) in [5.41, 5.74) is 1.07. The number of hydrogen-bond acceptors (Lipinski definition) is 4. The number of nitrogens with zero attached hydrogens (tertiary/aromatic N) is 1. The Hall–Kier alpha value is -1.46. The Morgan fingerprint density at radius 1 is 1.35 bits per heavy atom. The van der Waals surface area contributed by atoms with Crippen LogP contribution in [0, 0.1) is 5.82 Å². The number of methoxy groups -OCH3 is 1. The number of hydrogen-bond donors (Lipinski definition) is 1. The highest BCUT2D eigenvalue weighted by molar-refractivity contribution is 7.09. The summed E-state index contributed by atoms with van der Waals surface area (Å²) in [6, 6.07) is 4.79. The predicted octanol–water partition coefficient (Wildman–Crippen LogP) is 3.85. The van der Waals surface area contributed by atoms with Crippen molar-refractivity contribution in [3.8, 4) is 17.0 Å². The number of nitrogens with one attached hydrogen (secondary N) is 1. The molecule has 0 unspecified atom stereocenters. The molecule has 0 aliphatic carbocycles. The first-order chi connectivity index (χ1) is 9.40. The number of aromatic nitrogens is 1. The van der Waals surface area contributed by atoms with Crippen LogP contribution in [0.2, 0.25) is 0 Å². The zero-order valence-electron chi connectivity index (χ0n) is 12.2. The van der Waals surface area contributed by atoms with Crippen molar-refractivity contribution < 1.29 is 9.13 Å². The Kier molecular flexibility index (Phi) is 4.40. The minimum absolute atomic E-state index is 0.0293. The summed E-state index contributed by atoms with van der Waals surface area (Å²) in [5.74, 6) is 0.190. The molecule has 0 radical (unpaired) electrons. The number of thiazole rings is 1. The molecule has 0 aliphatic rings. The van der Waals surface area contributed by atoms with Gasteiger partial charge in [0.25, 0.3) is 0 Å². The van der Waals surface area contributed by atoms with E-state index in [0.717, 1.165) is 5.01 Å². The van der Waals surface area contributed by atoms with Crippen molar-refractivity contribution >= 4 is 11.3 Å². The summed E-state index contributed by atoms with van der Waals surface area (Å²) in [4.78, 5) is 4.49. The largest absolute Gasteiger partial charge is 0.496 e. The Bertz CT molecular complexity index is 590. The van der Waals surface area contributed by atoms with E-state index in [0.29, 0.717) is 23.6 Å². The van der Waals surface area contributed by atoms with Gasteiger partial charge in [0.05, 0.1) is 18.4 Å². The molecule has 0 saturated heterocycles. The van der Waals surface area contributed by atoms with E-state index in [1.54, 1.807) is 12.1 Å². The standard InChI is InChI=1S/C15H19FN2OS/c1-15(2,3)17-8-13-18-11(9-20-13)14-10(16)6-5-7-12(14)19-4/h5-7,9,17H,8H2,1-4H3. The van der Waals surface area contributed by atoms with Gasteiger partial charge >= 0.3 is 0 Å². The van der Waals surface area contributed by atoms with Crippen molar-refractivity contribution in [3.63, 3.8) is 0 Å². The number of ether oxygens (including phenoxy) is 1. The van der Waals surface area contributed by atoms with Gasteiger partial charge in [-0.05, 0) is 32.9 Å². The molecule has 0 aliphatic heterocycles. The third-order valence-electron chi connectivity index (χ3n) is 2.77. The molecule has 0 spiro atoms. The fourth-order valence-electron chi connectivity index (χ4n) is 1.77. The highest BCUT2D eigenvalue weighted by Gasteiger charge is 2.16. The zero-order valence-corrected chi connectivity index (χ0v) is 13.0. The molecule has 0 amide bonds. The van der Waals surface area contributed by atoms with Crippen molar-refractivity contribution in [2.24, 2.45) is 0 Å². The van der Waals surface area contributed by atoms with Crippen LogP contribution in [0.1, 0.15) is 25.8 Å². The molecular weight excluding hydrogens is 275 g/mol. The van der Waals surface area contributed by atoms with E-state index in [-0.39, 0.29) is 11.4 Å². The smallest absolute Gasteiger partial charge is 0.136 e. The average Bonchev–Trinajstić information content (AvgIpc) is 2.83. The number of rotatable bonds is 4. The van der Waals surface area contributed by atoms with Crippen LogP contribution in [0.3, 0.4) is 0 Å². The second-order valence-electron chi connectivity index (χ2n) is 5.55. The first-order valence-electron chi connectivity index (χ1n) is 6.43. The summed E-state index contributed by atoms with van der Waals surface area (Å²) >= 11 is 1.52. The van der Waals surface area contributed by atoms with Crippen LogP contribution in [0.25, 0.3) is 11.3 Å². The summed E-state index contributed by atoms with van der Waals surface area (Å²) in [6.45, 7) is 6.97. The SMILES string of the molecule is COc1cccc(F)c1-c1csc(CNC(C)(C)C)n1. The zero-order chi connectivity index (χ0) is 14.8. The van der Waals surface area contributed by atoms with Crippen molar-refractivity contribution in [3.05, 3.63) is 34.4 Å². The minimum Gasteiger partial charge on any atom is -0.496 e. The molecule has 2 aromatic rings. The molecule has 0 atom stereocenters. The first kappa shape index (κ1) is 14.9. The van der Waals surface area contributed by atoms with Gasteiger partial charge in [0.1, 0.15) is 16.6 Å². The van der Waals surface area contributed by atoms with Crippen LogP contribution in [0.15, 0.2) is 23.6 Å². The second kappa shape index (κ2) is 5.89. The molecule has 0 saturated carbocycles. The molecule has 1 aromatic carbocycles. The highest BCUT2D eigenvalue weighted by Crippen LogP contribution is 2.33. The van der Waals surface area contributed by atoms with Gasteiger partial charge in [0.15, 0.2) is 0 Å². The maximum atomic E-state index is 14.0. The Morgan fingerprint density at radius 2 is 2.10 bits per heavy atom. The highest BCUT2D eigenvalue weighted by atomic mass is 32.1. The Morgan fingerprint density at radius 3 is 2.75 bits per heavy atom. The average molecular weight is 294 g/mol. The van der Waals surface area contributed by atoms with Gasteiger partial charge in [-0.15, -0.1) is 11.3 Å². The predicted molar refractivity (Wildman–Crippen MR) is 80.7 cm³/mol. The molecule has 2 rings (SSSR count). The Balaban J connectivity index is 2.25. The van der Waals surface area contributed by atoms with Crippen LogP contribution in [0.5, 0.6) is 5.75 Å². The van der Waals surface area contributed by atoms with Crippen molar-refractivity contribution in [2.75, 3.05) is 7.11 Å².